The van der Waals surface area contributed by atoms with E-state index in [2.05, 4.69) is 21.2 Å². The van der Waals surface area contributed by atoms with Crippen LogP contribution in [-0.4, -0.2) is 34.1 Å². The molecule has 0 fully saturated rings. The topological polar surface area (TPSA) is 104 Å². The van der Waals surface area contributed by atoms with Crippen LogP contribution in [0, 0.1) is 0 Å². The summed E-state index contributed by atoms with van der Waals surface area (Å²) in [5, 5.41) is 19.9. The van der Waals surface area contributed by atoms with Crippen LogP contribution in [0.25, 0.3) is 0 Å². The lowest BCUT2D eigenvalue weighted by molar-refractivity contribution is -0.145. The lowest BCUT2D eigenvalue weighted by Gasteiger charge is -2.13. The van der Waals surface area contributed by atoms with Crippen molar-refractivity contribution in [2.45, 2.75) is 12.5 Å². The van der Waals surface area contributed by atoms with Gasteiger partial charge in [-0.3, -0.25) is 9.59 Å². The van der Waals surface area contributed by atoms with E-state index in [-0.39, 0.29) is 5.56 Å². The highest BCUT2D eigenvalue weighted by molar-refractivity contribution is 9.10. The van der Waals surface area contributed by atoms with Gasteiger partial charge < -0.3 is 15.5 Å². The van der Waals surface area contributed by atoms with E-state index in [0.717, 1.165) is 0 Å². The van der Waals surface area contributed by atoms with Crippen molar-refractivity contribution in [1.29, 1.82) is 0 Å². The molecule has 1 rings (SSSR count). The largest absolute Gasteiger partial charge is 0.481 e. The van der Waals surface area contributed by atoms with Gasteiger partial charge in [-0.15, -0.1) is 0 Å². The fourth-order valence-corrected chi connectivity index (χ4v) is 2.15. The van der Waals surface area contributed by atoms with Gasteiger partial charge in [0.1, 0.15) is 6.04 Å². The van der Waals surface area contributed by atoms with Gasteiger partial charge in [-0.05, 0) is 34.1 Å². The molecule has 0 aromatic heterocycles. The van der Waals surface area contributed by atoms with E-state index in [4.69, 9.17) is 21.8 Å². The predicted octanol–water partition coefficient (Wildman–Crippen LogP) is 1.76. The summed E-state index contributed by atoms with van der Waals surface area (Å²) in [5.74, 6) is -3.43. The maximum absolute atomic E-state index is 11.8. The molecule has 1 aromatic carbocycles. The number of benzene rings is 1. The highest BCUT2D eigenvalue weighted by Gasteiger charge is 2.24. The number of carbonyl (C=O) groups is 3. The summed E-state index contributed by atoms with van der Waals surface area (Å²) in [7, 11) is 0. The first kappa shape index (κ1) is 15.5. The van der Waals surface area contributed by atoms with Crippen LogP contribution in [0.1, 0.15) is 16.8 Å². The van der Waals surface area contributed by atoms with Crippen LogP contribution in [-0.2, 0) is 9.59 Å². The zero-order valence-electron chi connectivity index (χ0n) is 9.39. The average Bonchev–Trinajstić information content (AvgIpc) is 2.26. The van der Waals surface area contributed by atoms with Crippen LogP contribution in [0.15, 0.2) is 22.7 Å². The van der Waals surface area contributed by atoms with Crippen LogP contribution in [0.5, 0.6) is 0 Å². The molecule has 1 atom stereocenters. The lowest BCUT2D eigenvalue weighted by atomic mass is 10.1. The Balaban J connectivity index is 2.87. The number of carbonyl (C=O) groups excluding carboxylic acids is 1. The molecule has 19 heavy (non-hydrogen) atoms. The van der Waals surface area contributed by atoms with Crippen molar-refractivity contribution in [2.75, 3.05) is 0 Å². The second-order valence-electron chi connectivity index (χ2n) is 3.59. The zero-order valence-corrected chi connectivity index (χ0v) is 11.7. The molecule has 6 nitrogen and oxygen atoms in total. The number of aliphatic carboxylic acids is 2. The Bertz CT molecular complexity index is 534. The van der Waals surface area contributed by atoms with Crippen molar-refractivity contribution in [2.24, 2.45) is 0 Å². The molecule has 0 unspecified atom stereocenters. The molecule has 0 bridgehead atoms. The Hall–Kier alpha value is -1.60. The average molecular weight is 351 g/mol. The van der Waals surface area contributed by atoms with Gasteiger partial charge in [-0.2, -0.15) is 0 Å². The lowest BCUT2D eigenvalue weighted by Crippen LogP contribution is -2.42. The van der Waals surface area contributed by atoms with E-state index in [1.165, 1.54) is 18.2 Å². The fourth-order valence-electron chi connectivity index (χ4n) is 1.28. The van der Waals surface area contributed by atoms with E-state index < -0.39 is 30.3 Å². The van der Waals surface area contributed by atoms with Crippen molar-refractivity contribution in [3.05, 3.63) is 33.3 Å². The molecule has 0 spiro atoms. The quantitative estimate of drug-likeness (QED) is 0.751. The highest BCUT2D eigenvalue weighted by atomic mass is 79.9. The number of amides is 1. The van der Waals surface area contributed by atoms with E-state index in [0.29, 0.717) is 9.50 Å². The first-order valence-electron chi connectivity index (χ1n) is 5.01. The molecule has 3 N–H and O–H groups in total. The Morgan fingerprint density at radius 1 is 1.32 bits per heavy atom. The predicted molar refractivity (Wildman–Crippen MR) is 70.3 cm³/mol. The van der Waals surface area contributed by atoms with Gasteiger partial charge >= 0.3 is 11.9 Å². The third-order valence-electron chi connectivity index (χ3n) is 2.16. The summed E-state index contributed by atoms with van der Waals surface area (Å²) in [4.78, 5) is 33.2. The number of rotatable bonds is 5. The SMILES string of the molecule is O=C(O)C[C@H](NC(=O)c1ccc(Cl)cc1Br)C(=O)O. The molecule has 102 valence electrons. The van der Waals surface area contributed by atoms with E-state index >= 15 is 0 Å². The molecule has 0 saturated carbocycles. The maximum Gasteiger partial charge on any atom is 0.326 e. The van der Waals surface area contributed by atoms with Crippen LogP contribution < -0.4 is 5.32 Å². The fraction of sp³-hybridized carbons (Fsp3) is 0.182. The Labute approximate surface area is 121 Å². The van der Waals surface area contributed by atoms with Crippen LogP contribution in [0.4, 0.5) is 0 Å². The summed E-state index contributed by atoms with van der Waals surface area (Å²) >= 11 is 8.83. The van der Waals surface area contributed by atoms with E-state index in [1.54, 1.807) is 0 Å². The number of carboxylic acids is 2. The number of hydrogen-bond acceptors (Lipinski definition) is 3. The Morgan fingerprint density at radius 2 is 1.95 bits per heavy atom. The number of carboxylic acid groups (broad SMARTS) is 2. The summed E-state index contributed by atoms with van der Waals surface area (Å²) in [5.41, 5.74) is 0.168. The van der Waals surface area contributed by atoms with Crippen molar-refractivity contribution >= 4 is 45.4 Å². The standard InChI is InChI=1S/C11H9BrClNO5/c12-7-3-5(13)1-2-6(7)10(17)14-8(11(18)19)4-9(15)16/h1-3,8H,4H2,(H,14,17)(H,15,16)(H,18,19)/t8-/m0/s1. The minimum Gasteiger partial charge on any atom is -0.481 e. The van der Waals surface area contributed by atoms with E-state index in [9.17, 15) is 14.4 Å². The van der Waals surface area contributed by atoms with Crippen LogP contribution in [0.2, 0.25) is 5.02 Å². The van der Waals surface area contributed by atoms with Gasteiger partial charge in [-0.1, -0.05) is 11.6 Å². The third-order valence-corrected chi connectivity index (χ3v) is 3.05. The molecule has 0 aliphatic heterocycles. The minimum absolute atomic E-state index is 0.168. The summed E-state index contributed by atoms with van der Waals surface area (Å²) in [6.45, 7) is 0. The molecular weight excluding hydrogens is 341 g/mol. The molecular formula is C11H9BrClNO5. The summed E-state index contributed by atoms with van der Waals surface area (Å²) in [6.07, 6.45) is -0.702. The second kappa shape index (κ2) is 6.53. The van der Waals surface area contributed by atoms with Gasteiger partial charge in [-0.25, -0.2) is 4.79 Å². The van der Waals surface area contributed by atoms with E-state index in [1.807, 2.05) is 0 Å². The smallest absolute Gasteiger partial charge is 0.326 e. The first-order valence-corrected chi connectivity index (χ1v) is 6.19. The molecule has 0 aliphatic rings. The molecule has 8 heteroatoms. The van der Waals surface area contributed by atoms with Crippen molar-refractivity contribution in [3.63, 3.8) is 0 Å². The molecule has 1 amide bonds. The molecule has 0 saturated heterocycles. The zero-order chi connectivity index (χ0) is 14.6. The molecule has 0 radical (unpaired) electrons. The minimum atomic E-state index is -1.49. The van der Waals surface area contributed by atoms with Gasteiger partial charge in [0, 0.05) is 9.50 Å². The number of nitrogens with one attached hydrogen (secondary N) is 1. The normalized spacial score (nSPS) is 11.7. The van der Waals surface area contributed by atoms with Gasteiger partial charge in [0.15, 0.2) is 0 Å². The Morgan fingerprint density at radius 3 is 2.42 bits per heavy atom. The van der Waals surface area contributed by atoms with Crippen LogP contribution in [0.3, 0.4) is 0 Å². The first-order chi connectivity index (χ1) is 8.81. The molecule has 0 heterocycles. The third kappa shape index (κ3) is 4.53. The van der Waals surface area contributed by atoms with Gasteiger partial charge in [0.25, 0.3) is 5.91 Å². The maximum atomic E-state index is 11.8. The highest BCUT2D eigenvalue weighted by Crippen LogP contribution is 2.21. The van der Waals surface area contributed by atoms with Crippen molar-refractivity contribution < 1.29 is 24.6 Å². The summed E-state index contributed by atoms with van der Waals surface area (Å²) in [6, 6.07) is 2.85. The van der Waals surface area contributed by atoms with Crippen molar-refractivity contribution in [1.82, 2.24) is 5.32 Å². The monoisotopic (exact) mass is 349 g/mol. The second-order valence-corrected chi connectivity index (χ2v) is 4.88. The van der Waals surface area contributed by atoms with Gasteiger partial charge in [0.2, 0.25) is 0 Å². The van der Waals surface area contributed by atoms with Gasteiger partial charge in [0.05, 0.1) is 12.0 Å². The molecule has 1 aromatic rings. The summed E-state index contributed by atoms with van der Waals surface area (Å²) < 4.78 is 0.386. The molecule has 0 aliphatic carbocycles. The van der Waals surface area contributed by atoms with Crippen molar-refractivity contribution in [3.8, 4) is 0 Å². The van der Waals surface area contributed by atoms with Crippen LogP contribution >= 0.6 is 27.5 Å². The number of hydrogen-bond donors (Lipinski definition) is 3. The Kier molecular flexibility index (Phi) is 5.31. The number of halogens is 2.